The number of aliphatic hydroxyl groups excluding tert-OH is 2. The zero-order chi connectivity index (χ0) is 25.2. The summed E-state index contributed by atoms with van der Waals surface area (Å²) in [5.41, 5.74) is 5.17. The van der Waals surface area contributed by atoms with Crippen LogP contribution in [0.25, 0.3) is 20.2 Å². The van der Waals surface area contributed by atoms with E-state index in [0.29, 0.717) is 34.9 Å². The Labute approximate surface area is 203 Å². The molecule has 0 saturated carbocycles. The minimum absolute atomic E-state index is 0.0681. The first kappa shape index (κ1) is 25.1. The molecule has 0 spiro atoms. The Morgan fingerprint density at radius 1 is 0.886 bits per heavy atom. The first-order chi connectivity index (χ1) is 16.6. The maximum absolute atomic E-state index is 13.3. The number of aliphatic hydroxyl groups is 2. The molecule has 5 nitrogen and oxygen atoms in total. The number of fused-ring (bicyclic) bond motifs is 2. The average molecular weight is 504 g/mol. The summed E-state index contributed by atoms with van der Waals surface area (Å²) in [5.74, 6) is 0.383. The summed E-state index contributed by atoms with van der Waals surface area (Å²) in [7, 11) is 0. The van der Waals surface area contributed by atoms with Crippen LogP contribution in [-0.2, 0) is 19.2 Å². The highest BCUT2D eigenvalue weighted by molar-refractivity contribution is 7.24. The van der Waals surface area contributed by atoms with E-state index in [1.165, 1.54) is 17.4 Å². The molecule has 0 saturated heterocycles. The molecule has 3 aromatic carbocycles. The van der Waals surface area contributed by atoms with Crippen LogP contribution in [0.1, 0.15) is 23.1 Å². The van der Waals surface area contributed by atoms with E-state index in [9.17, 15) is 28.2 Å². The highest BCUT2D eigenvalue weighted by Gasteiger charge is 2.30. The van der Waals surface area contributed by atoms with Gasteiger partial charge in [-0.2, -0.15) is 13.2 Å². The average Bonchev–Trinajstić information content (AvgIpc) is 2.86. The second kappa shape index (κ2) is 9.94. The van der Waals surface area contributed by atoms with Crippen molar-refractivity contribution in [1.29, 1.82) is 0 Å². The number of halogens is 3. The lowest BCUT2D eigenvalue weighted by molar-refractivity contribution is -0.137. The minimum Gasteiger partial charge on any atom is -0.489 e. The van der Waals surface area contributed by atoms with Crippen LogP contribution in [0.3, 0.4) is 0 Å². The van der Waals surface area contributed by atoms with E-state index in [4.69, 9.17) is 10.5 Å². The number of ether oxygens (including phenoxy) is 1. The number of nitrogens with two attached hydrogens (primary N) is 1. The van der Waals surface area contributed by atoms with E-state index in [1.807, 2.05) is 12.1 Å². The van der Waals surface area contributed by atoms with E-state index < -0.39 is 17.3 Å². The molecule has 0 radical (unpaired) electrons. The largest absolute Gasteiger partial charge is 0.489 e. The standard InChI is InChI=1S/C26H24F3NO4S/c27-26(28,29)18-3-1-2-17(10-18)13-34-19-5-7-23-21(12-19)24(33)20-11-16(4-6-22(20)35-23)8-9-25(30,14-31)15-32/h1-7,10-12,31-32H,8-9,13-15,30H2. The molecule has 0 atom stereocenters. The van der Waals surface area contributed by atoms with Gasteiger partial charge in [-0.25, -0.2) is 0 Å². The number of alkyl halides is 3. The Kier molecular flexibility index (Phi) is 7.14. The van der Waals surface area contributed by atoms with E-state index in [1.54, 1.807) is 30.3 Å². The molecule has 1 aromatic heterocycles. The lowest BCUT2D eigenvalue weighted by Crippen LogP contribution is -2.47. The summed E-state index contributed by atoms with van der Waals surface area (Å²) in [6.45, 7) is -0.763. The zero-order valence-corrected chi connectivity index (χ0v) is 19.5. The van der Waals surface area contributed by atoms with Crippen LogP contribution in [0, 0.1) is 0 Å². The lowest BCUT2D eigenvalue weighted by atomic mass is 9.93. The summed E-state index contributed by atoms with van der Waals surface area (Å²) in [4.78, 5) is 13.3. The van der Waals surface area contributed by atoms with Crippen LogP contribution in [0.15, 0.2) is 65.5 Å². The normalized spacial score (nSPS) is 12.4. The smallest absolute Gasteiger partial charge is 0.416 e. The quantitative estimate of drug-likeness (QED) is 0.305. The van der Waals surface area contributed by atoms with E-state index >= 15 is 0 Å². The van der Waals surface area contributed by atoms with Crippen molar-refractivity contribution in [3.8, 4) is 5.75 Å². The van der Waals surface area contributed by atoms with Crippen LogP contribution in [0.4, 0.5) is 13.2 Å². The summed E-state index contributed by atoms with van der Waals surface area (Å²) in [6.07, 6.45) is -3.60. The maximum atomic E-state index is 13.3. The fourth-order valence-corrected chi connectivity index (χ4v) is 4.77. The first-order valence-electron chi connectivity index (χ1n) is 10.9. The van der Waals surface area contributed by atoms with Crippen LogP contribution in [0.2, 0.25) is 0 Å². The fourth-order valence-electron chi connectivity index (χ4n) is 3.73. The molecule has 4 rings (SSSR count). The van der Waals surface area contributed by atoms with Gasteiger partial charge < -0.3 is 20.7 Å². The van der Waals surface area contributed by atoms with Gasteiger partial charge in [-0.15, -0.1) is 11.3 Å². The third kappa shape index (κ3) is 5.65. The molecule has 0 aliphatic carbocycles. The Bertz CT molecular complexity index is 1410. The third-order valence-corrected chi connectivity index (χ3v) is 7.06. The Balaban J connectivity index is 1.59. The van der Waals surface area contributed by atoms with Crippen molar-refractivity contribution < 1.29 is 28.1 Å². The first-order valence-corrected chi connectivity index (χ1v) is 11.7. The van der Waals surface area contributed by atoms with Crippen LogP contribution in [-0.4, -0.2) is 29.0 Å². The molecular formula is C26H24F3NO4S. The van der Waals surface area contributed by atoms with E-state index in [0.717, 1.165) is 27.1 Å². The highest BCUT2D eigenvalue weighted by atomic mass is 32.1. The predicted octanol–water partition coefficient (Wildman–Crippen LogP) is 4.63. The van der Waals surface area contributed by atoms with Gasteiger partial charge in [0.15, 0.2) is 5.43 Å². The fraction of sp³-hybridized carbons (Fsp3) is 0.269. The highest BCUT2D eigenvalue weighted by Crippen LogP contribution is 2.31. The monoisotopic (exact) mass is 503 g/mol. The molecule has 0 unspecified atom stereocenters. The number of hydrogen-bond donors (Lipinski definition) is 3. The van der Waals surface area contributed by atoms with Crippen molar-refractivity contribution in [2.75, 3.05) is 13.2 Å². The number of hydrogen-bond acceptors (Lipinski definition) is 6. The number of rotatable bonds is 8. The molecule has 0 fully saturated rings. The topological polar surface area (TPSA) is 92.8 Å². The summed E-state index contributed by atoms with van der Waals surface area (Å²) < 4.78 is 46.1. The van der Waals surface area contributed by atoms with Crippen molar-refractivity contribution in [3.63, 3.8) is 0 Å². The summed E-state index contributed by atoms with van der Waals surface area (Å²) >= 11 is 1.45. The summed E-state index contributed by atoms with van der Waals surface area (Å²) in [6, 6.07) is 15.5. The van der Waals surface area contributed by atoms with Crippen LogP contribution >= 0.6 is 11.3 Å². The van der Waals surface area contributed by atoms with Crippen molar-refractivity contribution >= 4 is 31.5 Å². The van der Waals surface area contributed by atoms with Gasteiger partial charge in [0.05, 0.1) is 24.3 Å². The Hall–Kier alpha value is -2.98. The van der Waals surface area contributed by atoms with Gasteiger partial charge in [-0.1, -0.05) is 18.2 Å². The molecule has 0 aliphatic rings. The molecule has 184 valence electrons. The number of benzene rings is 3. The van der Waals surface area contributed by atoms with Crippen molar-refractivity contribution in [3.05, 3.63) is 87.6 Å². The maximum Gasteiger partial charge on any atom is 0.416 e. The molecular weight excluding hydrogens is 479 g/mol. The molecule has 1 heterocycles. The molecule has 0 aliphatic heterocycles. The van der Waals surface area contributed by atoms with E-state index in [-0.39, 0.29) is 25.2 Å². The predicted molar refractivity (Wildman–Crippen MR) is 131 cm³/mol. The molecule has 9 heteroatoms. The second-order valence-corrected chi connectivity index (χ2v) is 9.67. The van der Waals surface area contributed by atoms with Crippen LogP contribution < -0.4 is 15.9 Å². The zero-order valence-electron chi connectivity index (χ0n) is 18.6. The lowest BCUT2D eigenvalue weighted by Gasteiger charge is -2.24. The van der Waals surface area contributed by atoms with Gasteiger partial charge in [-0.05, 0) is 66.4 Å². The van der Waals surface area contributed by atoms with Crippen molar-refractivity contribution in [2.45, 2.75) is 31.2 Å². The van der Waals surface area contributed by atoms with Crippen molar-refractivity contribution in [2.24, 2.45) is 5.73 Å². The third-order valence-electron chi connectivity index (χ3n) is 5.91. The van der Waals surface area contributed by atoms with Gasteiger partial charge >= 0.3 is 6.18 Å². The van der Waals surface area contributed by atoms with Crippen LogP contribution in [0.5, 0.6) is 5.75 Å². The number of aryl methyl sites for hydroxylation is 1. The van der Waals surface area contributed by atoms with E-state index in [2.05, 4.69) is 0 Å². The Morgan fingerprint density at radius 2 is 1.57 bits per heavy atom. The molecule has 4 N–H and O–H groups in total. The second-order valence-electron chi connectivity index (χ2n) is 8.59. The van der Waals surface area contributed by atoms with Gasteiger partial charge in [-0.3, -0.25) is 4.79 Å². The molecule has 0 amide bonds. The molecule has 35 heavy (non-hydrogen) atoms. The Morgan fingerprint density at radius 3 is 2.26 bits per heavy atom. The van der Waals surface area contributed by atoms with Gasteiger partial charge in [0.25, 0.3) is 0 Å². The van der Waals surface area contributed by atoms with Crippen molar-refractivity contribution in [1.82, 2.24) is 0 Å². The molecule has 4 aromatic rings. The molecule has 0 bridgehead atoms. The summed E-state index contributed by atoms with van der Waals surface area (Å²) in [5, 5.41) is 19.8. The van der Waals surface area contributed by atoms with Gasteiger partial charge in [0, 0.05) is 20.2 Å². The SMILES string of the molecule is NC(CO)(CO)CCc1ccc2sc3ccc(OCc4cccc(C(F)(F)F)c4)cc3c(=O)c2c1. The van der Waals surface area contributed by atoms with Gasteiger partial charge in [0.2, 0.25) is 0 Å². The van der Waals surface area contributed by atoms with Gasteiger partial charge in [0.1, 0.15) is 12.4 Å². The minimum atomic E-state index is -4.43.